The lowest BCUT2D eigenvalue weighted by molar-refractivity contribution is -0.120. The third-order valence-electron chi connectivity index (χ3n) is 4.98. The molecule has 3 aromatic rings. The largest absolute Gasteiger partial charge is 0.324 e. The van der Waals surface area contributed by atoms with E-state index in [1.165, 1.54) is 29.2 Å². The Bertz CT molecular complexity index is 1210. The maximum absolute atomic E-state index is 13.2. The van der Waals surface area contributed by atoms with E-state index in [2.05, 4.69) is 5.32 Å². The van der Waals surface area contributed by atoms with E-state index in [1.54, 1.807) is 24.3 Å². The van der Waals surface area contributed by atoms with Gasteiger partial charge in [-0.25, -0.2) is 13.6 Å². The summed E-state index contributed by atoms with van der Waals surface area (Å²) in [7, 11) is -3.82. The molecule has 0 radical (unpaired) electrons. The molecule has 0 saturated heterocycles. The van der Waals surface area contributed by atoms with Gasteiger partial charge in [-0.05, 0) is 41.5 Å². The molecule has 0 bridgehead atoms. The van der Waals surface area contributed by atoms with Gasteiger partial charge in [-0.3, -0.25) is 9.59 Å². The van der Waals surface area contributed by atoms with Crippen molar-refractivity contribution in [3.05, 3.63) is 95.6 Å². The quantitative estimate of drug-likeness (QED) is 0.660. The van der Waals surface area contributed by atoms with Crippen molar-refractivity contribution in [3.63, 3.8) is 0 Å². The third-order valence-corrected chi connectivity index (χ3v) is 5.90. The van der Waals surface area contributed by atoms with Crippen molar-refractivity contribution in [1.29, 1.82) is 0 Å². The van der Waals surface area contributed by atoms with E-state index in [0.29, 0.717) is 23.4 Å². The van der Waals surface area contributed by atoms with Crippen LogP contribution in [0.3, 0.4) is 0 Å². The Morgan fingerprint density at radius 3 is 2.20 bits per heavy atom. The number of carbonyl (C=O) groups excluding carboxylic acids is 2. The molecule has 4 rings (SSSR count). The van der Waals surface area contributed by atoms with Crippen LogP contribution in [0.1, 0.15) is 27.5 Å². The van der Waals surface area contributed by atoms with Crippen LogP contribution >= 0.6 is 0 Å². The number of sulfonamides is 1. The fourth-order valence-electron chi connectivity index (χ4n) is 3.53. The Hall–Kier alpha value is -3.49. The molecule has 1 aliphatic rings. The molecule has 3 aromatic carbocycles. The summed E-state index contributed by atoms with van der Waals surface area (Å²) in [5.41, 5.74) is 2.53. The number of anilines is 1. The predicted molar refractivity (Wildman–Crippen MR) is 112 cm³/mol. The lowest BCUT2D eigenvalue weighted by atomic mass is 10.0. The van der Waals surface area contributed by atoms with Crippen LogP contribution < -0.4 is 10.5 Å². The number of nitrogens with two attached hydrogens (primary N) is 1. The summed E-state index contributed by atoms with van der Waals surface area (Å²) < 4.78 is 22.8. The summed E-state index contributed by atoms with van der Waals surface area (Å²) in [6.45, 7) is 0.326. The highest BCUT2D eigenvalue weighted by atomic mass is 32.2. The van der Waals surface area contributed by atoms with Crippen LogP contribution in [0.2, 0.25) is 0 Å². The monoisotopic (exact) mass is 421 g/mol. The number of rotatable bonds is 5. The number of hydrogen-bond donors (Lipinski definition) is 2. The molecule has 1 atom stereocenters. The summed E-state index contributed by atoms with van der Waals surface area (Å²) in [6, 6.07) is 21.0. The second-order valence-electron chi connectivity index (χ2n) is 6.96. The first kappa shape index (κ1) is 19.8. The predicted octanol–water partition coefficient (Wildman–Crippen LogP) is 2.67. The molecule has 1 aliphatic heterocycles. The maximum Gasteiger partial charge on any atom is 0.255 e. The normalized spacial score (nSPS) is 14.3. The molecular formula is C22H19N3O4S. The van der Waals surface area contributed by atoms with E-state index in [-0.39, 0.29) is 10.8 Å². The molecule has 30 heavy (non-hydrogen) atoms. The van der Waals surface area contributed by atoms with Gasteiger partial charge >= 0.3 is 0 Å². The van der Waals surface area contributed by atoms with Crippen LogP contribution in [0.15, 0.2) is 83.8 Å². The van der Waals surface area contributed by atoms with Gasteiger partial charge in [0.25, 0.3) is 11.8 Å². The zero-order valence-electron chi connectivity index (χ0n) is 15.9. The summed E-state index contributed by atoms with van der Waals surface area (Å²) in [6.07, 6.45) is 0. The molecule has 0 saturated carbocycles. The van der Waals surface area contributed by atoms with Crippen LogP contribution in [-0.4, -0.2) is 25.1 Å². The molecule has 8 heteroatoms. The average Bonchev–Trinajstić information content (AvgIpc) is 3.05. The number of nitrogens with zero attached hydrogens (tertiary/aromatic N) is 1. The number of benzene rings is 3. The van der Waals surface area contributed by atoms with Gasteiger partial charge in [0.05, 0.1) is 4.90 Å². The molecule has 1 heterocycles. The Balaban J connectivity index is 1.64. The molecule has 0 aliphatic carbocycles. The van der Waals surface area contributed by atoms with Crippen LogP contribution in [0.5, 0.6) is 0 Å². The number of fused-ring (bicyclic) bond motifs is 1. The number of amides is 2. The topological polar surface area (TPSA) is 110 Å². The van der Waals surface area contributed by atoms with E-state index in [0.717, 1.165) is 5.56 Å². The van der Waals surface area contributed by atoms with Crippen molar-refractivity contribution in [2.75, 3.05) is 5.32 Å². The van der Waals surface area contributed by atoms with Crippen LogP contribution in [0.25, 0.3) is 0 Å². The molecule has 0 fully saturated rings. The smallest absolute Gasteiger partial charge is 0.255 e. The Kier molecular flexibility index (Phi) is 5.11. The average molecular weight is 421 g/mol. The van der Waals surface area contributed by atoms with Crippen LogP contribution in [0.4, 0.5) is 5.69 Å². The number of primary sulfonamides is 1. The van der Waals surface area contributed by atoms with Crippen molar-refractivity contribution in [1.82, 2.24) is 4.90 Å². The van der Waals surface area contributed by atoms with Crippen LogP contribution in [0, 0.1) is 0 Å². The van der Waals surface area contributed by atoms with Gasteiger partial charge in [0.15, 0.2) is 0 Å². The second-order valence-corrected chi connectivity index (χ2v) is 8.52. The Morgan fingerprint density at radius 2 is 1.57 bits per heavy atom. The number of nitrogens with one attached hydrogen (secondary N) is 1. The standard InChI is InChI=1S/C22H19N3O4S/c23-30(28,29)18-12-10-17(11-13-18)24-21(26)20(15-6-2-1-3-7-15)25-14-16-8-4-5-9-19(16)22(25)27/h1-13,20H,14H2,(H,24,26)(H2,23,28,29). The highest BCUT2D eigenvalue weighted by molar-refractivity contribution is 7.89. The van der Waals surface area contributed by atoms with Crippen molar-refractivity contribution >= 4 is 27.5 Å². The first-order valence-electron chi connectivity index (χ1n) is 9.22. The van der Waals surface area contributed by atoms with Crippen molar-refractivity contribution in [3.8, 4) is 0 Å². The minimum atomic E-state index is -3.82. The zero-order chi connectivity index (χ0) is 21.3. The van der Waals surface area contributed by atoms with Gasteiger partial charge in [-0.2, -0.15) is 0 Å². The van der Waals surface area contributed by atoms with E-state index >= 15 is 0 Å². The molecule has 3 N–H and O–H groups in total. The number of hydrogen-bond acceptors (Lipinski definition) is 4. The fraction of sp³-hybridized carbons (Fsp3) is 0.0909. The lowest BCUT2D eigenvalue weighted by Crippen LogP contribution is -2.37. The van der Waals surface area contributed by atoms with E-state index in [9.17, 15) is 18.0 Å². The maximum atomic E-state index is 13.2. The molecule has 1 unspecified atom stereocenters. The van der Waals surface area contributed by atoms with Crippen LogP contribution in [-0.2, 0) is 21.4 Å². The summed E-state index contributed by atoms with van der Waals surface area (Å²) in [4.78, 5) is 27.7. The van der Waals surface area contributed by atoms with E-state index < -0.39 is 22.0 Å². The molecular weight excluding hydrogens is 402 g/mol. The molecule has 2 amide bonds. The van der Waals surface area contributed by atoms with Gasteiger partial charge < -0.3 is 10.2 Å². The second kappa shape index (κ2) is 7.74. The van der Waals surface area contributed by atoms with E-state index in [4.69, 9.17) is 5.14 Å². The molecule has 0 aromatic heterocycles. The molecule has 152 valence electrons. The first-order valence-corrected chi connectivity index (χ1v) is 10.8. The SMILES string of the molecule is NS(=O)(=O)c1ccc(NC(=O)C(c2ccccc2)N2Cc3ccccc3C2=O)cc1. The fourth-order valence-corrected chi connectivity index (χ4v) is 4.05. The van der Waals surface area contributed by atoms with Gasteiger partial charge in [0.2, 0.25) is 10.0 Å². The van der Waals surface area contributed by atoms with Gasteiger partial charge in [0.1, 0.15) is 6.04 Å². The molecule has 0 spiro atoms. The minimum absolute atomic E-state index is 0.0507. The lowest BCUT2D eigenvalue weighted by Gasteiger charge is -2.27. The number of carbonyl (C=O) groups is 2. The third kappa shape index (κ3) is 3.83. The van der Waals surface area contributed by atoms with Gasteiger partial charge in [0, 0.05) is 17.8 Å². The van der Waals surface area contributed by atoms with Crippen molar-refractivity contribution in [2.24, 2.45) is 5.14 Å². The van der Waals surface area contributed by atoms with Crippen molar-refractivity contribution < 1.29 is 18.0 Å². The van der Waals surface area contributed by atoms with Crippen molar-refractivity contribution in [2.45, 2.75) is 17.5 Å². The summed E-state index contributed by atoms with van der Waals surface area (Å²) in [5, 5.41) is 7.89. The summed E-state index contributed by atoms with van der Waals surface area (Å²) in [5.74, 6) is -0.607. The summed E-state index contributed by atoms with van der Waals surface area (Å²) >= 11 is 0. The Labute approximate surface area is 174 Å². The first-order chi connectivity index (χ1) is 14.3. The molecule has 7 nitrogen and oxygen atoms in total. The van der Waals surface area contributed by atoms with E-state index in [1.807, 2.05) is 30.3 Å². The van der Waals surface area contributed by atoms with Gasteiger partial charge in [-0.1, -0.05) is 48.5 Å². The highest BCUT2D eigenvalue weighted by Gasteiger charge is 2.37. The zero-order valence-corrected chi connectivity index (χ0v) is 16.7. The highest BCUT2D eigenvalue weighted by Crippen LogP contribution is 2.32. The van der Waals surface area contributed by atoms with Gasteiger partial charge in [-0.15, -0.1) is 0 Å². The minimum Gasteiger partial charge on any atom is -0.324 e. The Morgan fingerprint density at radius 1 is 0.933 bits per heavy atom.